The molecular weight excluding hydrogens is 270 g/mol. The second kappa shape index (κ2) is 6.48. The highest BCUT2D eigenvalue weighted by molar-refractivity contribution is 8.00. The van der Waals surface area contributed by atoms with Crippen LogP contribution in [0.5, 0.6) is 0 Å². The number of nitrogens with one attached hydrogen (secondary N) is 2. The largest absolute Gasteiger partial charge is 0.373 e. The molecule has 0 unspecified atom stereocenters. The lowest BCUT2D eigenvalue weighted by molar-refractivity contribution is 0.0953. The molecule has 2 N–H and O–H groups in total. The van der Waals surface area contributed by atoms with Crippen LogP contribution in [0.2, 0.25) is 0 Å². The summed E-state index contributed by atoms with van der Waals surface area (Å²) in [5, 5.41) is 6.08. The Morgan fingerprint density at radius 2 is 2.20 bits per heavy atom. The molecule has 0 saturated heterocycles. The number of hydrogen-bond donors (Lipinski definition) is 2. The Hall–Kier alpha value is -1.23. The molecule has 1 heterocycles. The van der Waals surface area contributed by atoms with Crippen LogP contribution in [0.4, 0.5) is 5.82 Å². The van der Waals surface area contributed by atoms with Gasteiger partial charge in [-0.05, 0) is 37.7 Å². The van der Waals surface area contributed by atoms with Gasteiger partial charge in [-0.15, -0.1) is 0 Å². The number of hydrogen-bond acceptors (Lipinski definition) is 4. The number of nitrogens with zero attached hydrogens (tertiary/aromatic N) is 1. The van der Waals surface area contributed by atoms with Crippen molar-refractivity contribution in [3.63, 3.8) is 0 Å². The summed E-state index contributed by atoms with van der Waals surface area (Å²) >= 11 is 1.85. The Labute approximate surface area is 125 Å². The zero-order chi connectivity index (χ0) is 14.6. The van der Waals surface area contributed by atoms with E-state index in [1.54, 1.807) is 0 Å². The second-order valence-electron chi connectivity index (χ2n) is 5.30. The third kappa shape index (κ3) is 3.66. The van der Waals surface area contributed by atoms with Crippen LogP contribution in [0.25, 0.3) is 0 Å². The van der Waals surface area contributed by atoms with Crippen LogP contribution in [-0.4, -0.2) is 35.5 Å². The van der Waals surface area contributed by atoms with E-state index in [0.29, 0.717) is 10.3 Å². The van der Waals surface area contributed by atoms with Crippen LogP contribution in [0.15, 0.2) is 12.1 Å². The molecule has 0 atom stereocenters. The van der Waals surface area contributed by atoms with Gasteiger partial charge in [0, 0.05) is 29.6 Å². The van der Waals surface area contributed by atoms with Gasteiger partial charge in [-0.1, -0.05) is 13.3 Å². The van der Waals surface area contributed by atoms with Gasteiger partial charge in [0.25, 0.3) is 5.91 Å². The number of rotatable bonds is 7. The van der Waals surface area contributed by atoms with Crippen molar-refractivity contribution < 1.29 is 4.79 Å². The number of carbonyl (C=O) groups is 1. The van der Waals surface area contributed by atoms with Gasteiger partial charge in [0.2, 0.25) is 0 Å². The molecule has 20 heavy (non-hydrogen) atoms. The van der Waals surface area contributed by atoms with Crippen molar-refractivity contribution in [1.82, 2.24) is 10.3 Å². The summed E-state index contributed by atoms with van der Waals surface area (Å²) in [6.45, 7) is 2.87. The summed E-state index contributed by atoms with van der Waals surface area (Å²) in [4.78, 5) is 16.7. The Kier molecular flexibility index (Phi) is 4.91. The molecule has 0 bridgehead atoms. The third-order valence-corrected chi connectivity index (χ3v) is 5.13. The van der Waals surface area contributed by atoms with Crippen LogP contribution in [0.1, 0.15) is 42.2 Å². The quantitative estimate of drug-likeness (QED) is 0.811. The number of carbonyl (C=O) groups excluding carboxylic acids is 1. The maximum Gasteiger partial charge on any atom is 0.251 e. The third-order valence-electron chi connectivity index (χ3n) is 3.71. The zero-order valence-electron chi connectivity index (χ0n) is 12.5. The lowest BCUT2D eigenvalue weighted by Gasteiger charge is -2.14. The van der Waals surface area contributed by atoms with Gasteiger partial charge in [0.05, 0.1) is 0 Å². The highest BCUT2D eigenvalue weighted by atomic mass is 32.2. The Balaban J connectivity index is 2.06. The summed E-state index contributed by atoms with van der Waals surface area (Å²) in [5.74, 6) is 0.758. The molecule has 2 rings (SSSR count). The van der Waals surface area contributed by atoms with Crippen molar-refractivity contribution in [2.24, 2.45) is 0 Å². The minimum absolute atomic E-state index is 0.00146. The Morgan fingerprint density at radius 3 is 2.75 bits per heavy atom. The summed E-state index contributed by atoms with van der Waals surface area (Å²) in [6.07, 6.45) is 6.44. The molecule has 0 radical (unpaired) electrons. The van der Waals surface area contributed by atoms with Gasteiger partial charge in [0.15, 0.2) is 0 Å². The minimum atomic E-state index is 0.00146. The molecule has 0 aromatic carbocycles. The fourth-order valence-electron chi connectivity index (χ4n) is 2.17. The van der Waals surface area contributed by atoms with Gasteiger partial charge in [-0.3, -0.25) is 4.79 Å². The van der Waals surface area contributed by atoms with Gasteiger partial charge in [-0.2, -0.15) is 11.8 Å². The first-order chi connectivity index (χ1) is 9.62. The van der Waals surface area contributed by atoms with Crippen LogP contribution in [-0.2, 0) is 6.42 Å². The smallest absolute Gasteiger partial charge is 0.251 e. The first-order valence-corrected chi connectivity index (χ1v) is 8.37. The van der Waals surface area contributed by atoms with E-state index in [0.717, 1.165) is 30.9 Å². The van der Waals surface area contributed by atoms with Crippen molar-refractivity contribution in [1.29, 1.82) is 0 Å². The van der Waals surface area contributed by atoms with E-state index in [-0.39, 0.29) is 5.91 Å². The average Bonchev–Trinajstić information content (AvgIpc) is 3.25. The standard InChI is InChI=1S/C15H23N3OS/c1-4-5-12-8-11(9-13(16-2)18-12)14(19)17-10-15(20-3)6-7-15/h8-9H,4-7,10H2,1-3H3,(H,16,18)(H,17,19). The lowest BCUT2D eigenvalue weighted by atomic mass is 10.1. The van der Waals surface area contributed by atoms with E-state index in [2.05, 4.69) is 28.8 Å². The van der Waals surface area contributed by atoms with E-state index in [1.807, 2.05) is 30.9 Å². The highest BCUT2D eigenvalue weighted by Gasteiger charge is 2.41. The fourth-order valence-corrected chi connectivity index (χ4v) is 2.89. The molecule has 1 aromatic heterocycles. The van der Waals surface area contributed by atoms with Crippen molar-refractivity contribution in [3.05, 3.63) is 23.4 Å². The number of aromatic nitrogens is 1. The number of aryl methyl sites for hydroxylation is 1. The van der Waals surface area contributed by atoms with Crippen LogP contribution >= 0.6 is 11.8 Å². The topological polar surface area (TPSA) is 54.0 Å². The lowest BCUT2D eigenvalue weighted by Crippen LogP contribution is -2.31. The normalized spacial score (nSPS) is 15.8. The predicted molar refractivity (Wildman–Crippen MR) is 85.6 cm³/mol. The van der Waals surface area contributed by atoms with E-state index in [4.69, 9.17) is 0 Å². The monoisotopic (exact) mass is 293 g/mol. The molecule has 0 spiro atoms. The average molecular weight is 293 g/mol. The Bertz CT molecular complexity index is 486. The predicted octanol–water partition coefficient (Wildman–Crippen LogP) is 2.70. The van der Waals surface area contributed by atoms with Crippen molar-refractivity contribution in [2.45, 2.75) is 37.4 Å². The van der Waals surface area contributed by atoms with Gasteiger partial charge in [0.1, 0.15) is 5.82 Å². The number of pyridine rings is 1. The maximum atomic E-state index is 12.3. The molecule has 1 aromatic rings. The summed E-state index contributed by atoms with van der Waals surface area (Å²) in [5.41, 5.74) is 1.67. The molecule has 1 aliphatic rings. The molecular formula is C15H23N3OS. The summed E-state index contributed by atoms with van der Waals surface area (Å²) in [7, 11) is 1.83. The van der Waals surface area contributed by atoms with Crippen molar-refractivity contribution in [2.75, 3.05) is 25.2 Å². The molecule has 1 fully saturated rings. The van der Waals surface area contributed by atoms with E-state index in [9.17, 15) is 4.79 Å². The van der Waals surface area contributed by atoms with Crippen molar-refractivity contribution >= 4 is 23.5 Å². The SMILES string of the molecule is CCCc1cc(C(=O)NCC2(SC)CC2)cc(NC)n1. The molecule has 4 nitrogen and oxygen atoms in total. The zero-order valence-corrected chi connectivity index (χ0v) is 13.3. The molecule has 1 aliphatic carbocycles. The molecule has 0 aliphatic heterocycles. The van der Waals surface area contributed by atoms with Crippen LogP contribution in [0, 0.1) is 0 Å². The molecule has 1 amide bonds. The minimum Gasteiger partial charge on any atom is -0.373 e. The summed E-state index contributed by atoms with van der Waals surface area (Å²) < 4.78 is 0.292. The molecule has 1 saturated carbocycles. The van der Waals surface area contributed by atoms with Gasteiger partial charge in [-0.25, -0.2) is 4.98 Å². The van der Waals surface area contributed by atoms with E-state index < -0.39 is 0 Å². The molecule has 5 heteroatoms. The fraction of sp³-hybridized carbons (Fsp3) is 0.600. The molecule has 110 valence electrons. The van der Waals surface area contributed by atoms with Crippen LogP contribution in [0.3, 0.4) is 0 Å². The number of amides is 1. The first kappa shape index (κ1) is 15.2. The highest BCUT2D eigenvalue weighted by Crippen LogP contribution is 2.46. The van der Waals surface area contributed by atoms with E-state index >= 15 is 0 Å². The summed E-state index contributed by atoms with van der Waals surface area (Å²) in [6, 6.07) is 3.71. The van der Waals surface area contributed by atoms with Gasteiger partial charge >= 0.3 is 0 Å². The van der Waals surface area contributed by atoms with E-state index in [1.165, 1.54) is 12.8 Å². The van der Waals surface area contributed by atoms with Crippen LogP contribution < -0.4 is 10.6 Å². The Morgan fingerprint density at radius 1 is 1.45 bits per heavy atom. The first-order valence-electron chi connectivity index (χ1n) is 7.14. The number of anilines is 1. The number of thioether (sulfide) groups is 1. The van der Waals surface area contributed by atoms with Gasteiger partial charge < -0.3 is 10.6 Å². The maximum absolute atomic E-state index is 12.3. The second-order valence-corrected chi connectivity index (χ2v) is 6.58. The van der Waals surface area contributed by atoms with Crippen molar-refractivity contribution in [3.8, 4) is 0 Å².